The quantitative estimate of drug-likeness (QED) is 0.730. The molecule has 0 N–H and O–H groups in total. The van der Waals surface area contributed by atoms with Crippen molar-refractivity contribution in [1.82, 2.24) is 0 Å². The lowest BCUT2D eigenvalue weighted by Gasteiger charge is -2.08. The predicted octanol–water partition coefficient (Wildman–Crippen LogP) is 4.70. The molecule has 0 fully saturated rings. The zero-order valence-corrected chi connectivity index (χ0v) is 11.1. The van der Waals surface area contributed by atoms with Gasteiger partial charge < -0.3 is 0 Å². The van der Waals surface area contributed by atoms with Gasteiger partial charge in [-0.05, 0) is 24.3 Å². The van der Waals surface area contributed by atoms with Crippen LogP contribution in [-0.2, 0) is 6.18 Å². The minimum Gasteiger partial charge on any atom is -0.289 e. The van der Waals surface area contributed by atoms with Crippen LogP contribution in [0.2, 0.25) is 0 Å². The monoisotopic (exact) mass is 328 g/mol. The molecular weight excluding hydrogens is 321 g/mol. The smallest absolute Gasteiger partial charge is 0.289 e. The van der Waals surface area contributed by atoms with Crippen molar-refractivity contribution in [3.63, 3.8) is 0 Å². The molecule has 1 nitrogen and oxygen atoms in total. The largest absolute Gasteiger partial charge is 0.416 e. The summed E-state index contributed by atoms with van der Waals surface area (Å²) >= 11 is 3.21. The van der Waals surface area contributed by atoms with E-state index < -0.39 is 17.5 Å². The molecular formula is C14H8BrF3O. The first-order chi connectivity index (χ1) is 8.89. The van der Waals surface area contributed by atoms with E-state index in [0.29, 0.717) is 10.0 Å². The van der Waals surface area contributed by atoms with Gasteiger partial charge in [0.15, 0.2) is 5.78 Å². The van der Waals surface area contributed by atoms with Crippen LogP contribution in [0.25, 0.3) is 0 Å². The third-order valence-corrected chi connectivity index (χ3v) is 3.26. The number of carbonyl (C=O) groups excluding carboxylic acids is 1. The second kappa shape index (κ2) is 5.17. The standard InChI is InChI=1S/C14H8BrF3O/c15-12-7-2-1-6-11(12)13(19)9-4-3-5-10(8-9)14(16,17)18/h1-8H. The van der Waals surface area contributed by atoms with Crippen LogP contribution in [0.3, 0.4) is 0 Å². The van der Waals surface area contributed by atoms with Gasteiger partial charge in [0.25, 0.3) is 0 Å². The highest BCUT2D eigenvalue weighted by molar-refractivity contribution is 9.10. The molecule has 5 heteroatoms. The normalized spacial score (nSPS) is 11.4. The summed E-state index contributed by atoms with van der Waals surface area (Å²) in [4.78, 5) is 12.1. The van der Waals surface area contributed by atoms with Crippen LogP contribution in [-0.4, -0.2) is 5.78 Å². The number of rotatable bonds is 2. The Morgan fingerprint density at radius 1 is 1.00 bits per heavy atom. The first kappa shape index (κ1) is 13.8. The summed E-state index contributed by atoms with van der Waals surface area (Å²) in [5, 5.41) is 0. The van der Waals surface area contributed by atoms with Gasteiger partial charge in [-0.1, -0.05) is 40.2 Å². The maximum Gasteiger partial charge on any atom is 0.416 e. The van der Waals surface area contributed by atoms with Gasteiger partial charge in [0.1, 0.15) is 0 Å². The van der Waals surface area contributed by atoms with Crippen LogP contribution < -0.4 is 0 Å². The van der Waals surface area contributed by atoms with E-state index in [1.165, 1.54) is 12.1 Å². The summed E-state index contributed by atoms with van der Waals surface area (Å²) in [6, 6.07) is 11.0. The van der Waals surface area contributed by atoms with Gasteiger partial charge in [-0.15, -0.1) is 0 Å². The molecule has 0 aromatic heterocycles. The van der Waals surface area contributed by atoms with Gasteiger partial charge in [0.2, 0.25) is 0 Å². The van der Waals surface area contributed by atoms with E-state index in [4.69, 9.17) is 0 Å². The minimum atomic E-state index is -4.45. The Bertz CT molecular complexity index is 620. The van der Waals surface area contributed by atoms with Crippen LogP contribution in [0.4, 0.5) is 13.2 Å². The molecule has 0 aliphatic heterocycles. The van der Waals surface area contributed by atoms with Crippen molar-refractivity contribution < 1.29 is 18.0 Å². The van der Waals surface area contributed by atoms with Crippen molar-refractivity contribution in [1.29, 1.82) is 0 Å². The van der Waals surface area contributed by atoms with Gasteiger partial charge in [0, 0.05) is 15.6 Å². The Morgan fingerprint density at radius 3 is 2.32 bits per heavy atom. The SMILES string of the molecule is O=C(c1cccc(C(F)(F)F)c1)c1ccccc1Br. The maximum atomic E-state index is 12.6. The molecule has 0 bridgehead atoms. The molecule has 0 heterocycles. The maximum absolute atomic E-state index is 12.6. The van der Waals surface area contributed by atoms with E-state index in [9.17, 15) is 18.0 Å². The molecule has 19 heavy (non-hydrogen) atoms. The highest BCUT2D eigenvalue weighted by Gasteiger charge is 2.31. The average Bonchev–Trinajstić information content (AvgIpc) is 2.38. The van der Waals surface area contributed by atoms with Crippen molar-refractivity contribution in [3.8, 4) is 0 Å². The Balaban J connectivity index is 2.43. The molecule has 2 rings (SSSR count). The van der Waals surface area contributed by atoms with Crippen molar-refractivity contribution in [2.75, 3.05) is 0 Å². The molecule has 0 atom stereocenters. The Kier molecular flexibility index (Phi) is 3.75. The molecule has 0 aliphatic carbocycles. The summed E-state index contributed by atoms with van der Waals surface area (Å²) in [6.07, 6.45) is -4.45. The Hall–Kier alpha value is -1.62. The topological polar surface area (TPSA) is 17.1 Å². The molecule has 0 spiro atoms. The van der Waals surface area contributed by atoms with Gasteiger partial charge in [-0.2, -0.15) is 13.2 Å². The molecule has 0 saturated carbocycles. The lowest BCUT2D eigenvalue weighted by Crippen LogP contribution is -2.08. The van der Waals surface area contributed by atoms with E-state index in [-0.39, 0.29) is 5.56 Å². The Labute approximate surface area is 116 Å². The summed E-state index contributed by atoms with van der Waals surface area (Å²) in [5.74, 6) is -0.446. The summed E-state index contributed by atoms with van der Waals surface area (Å²) in [5.41, 5.74) is -0.478. The summed E-state index contributed by atoms with van der Waals surface area (Å²) in [6.45, 7) is 0. The van der Waals surface area contributed by atoms with E-state index >= 15 is 0 Å². The lowest BCUT2D eigenvalue weighted by atomic mass is 10.0. The molecule has 2 aromatic rings. The zero-order valence-electron chi connectivity index (χ0n) is 9.54. The second-order valence-corrected chi connectivity index (χ2v) is 4.74. The Morgan fingerprint density at radius 2 is 1.68 bits per heavy atom. The van der Waals surface area contributed by atoms with Gasteiger partial charge in [0.05, 0.1) is 5.56 Å². The highest BCUT2D eigenvalue weighted by Crippen LogP contribution is 2.30. The fourth-order valence-electron chi connectivity index (χ4n) is 1.64. The van der Waals surface area contributed by atoms with Gasteiger partial charge in [-0.3, -0.25) is 4.79 Å². The lowest BCUT2D eigenvalue weighted by molar-refractivity contribution is -0.137. The van der Waals surface area contributed by atoms with E-state index in [0.717, 1.165) is 12.1 Å². The number of halogens is 4. The van der Waals surface area contributed by atoms with E-state index in [1.54, 1.807) is 24.3 Å². The van der Waals surface area contributed by atoms with Crippen LogP contribution >= 0.6 is 15.9 Å². The first-order valence-corrected chi connectivity index (χ1v) is 6.15. The first-order valence-electron chi connectivity index (χ1n) is 5.36. The fraction of sp³-hybridized carbons (Fsp3) is 0.0714. The van der Waals surface area contributed by atoms with E-state index in [1.807, 2.05) is 0 Å². The van der Waals surface area contributed by atoms with Gasteiger partial charge >= 0.3 is 6.18 Å². The zero-order chi connectivity index (χ0) is 14.0. The molecule has 0 unspecified atom stereocenters. The average molecular weight is 329 g/mol. The number of ketones is 1. The molecule has 0 radical (unpaired) electrons. The van der Waals surface area contributed by atoms with Crippen molar-refractivity contribution in [2.24, 2.45) is 0 Å². The number of alkyl halides is 3. The second-order valence-electron chi connectivity index (χ2n) is 3.89. The third kappa shape index (κ3) is 3.04. The highest BCUT2D eigenvalue weighted by atomic mass is 79.9. The molecule has 2 aromatic carbocycles. The predicted molar refractivity (Wildman–Crippen MR) is 69.0 cm³/mol. The van der Waals surface area contributed by atoms with Crippen LogP contribution in [0.1, 0.15) is 21.5 Å². The number of hydrogen-bond donors (Lipinski definition) is 0. The van der Waals surface area contributed by atoms with Crippen LogP contribution in [0, 0.1) is 0 Å². The summed E-state index contributed by atoms with van der Waals surface area (Å²) < 4.78 is 38.3. The fourth-order valence-corrected chi connectivity index (χ4v) is 2.10. The van der Waals surface area contributed by atoms with Crippen LogP contribution in [0.15, 0.2) is 53.0 Å². The third-order valence-electron chi connectivity index (χ3n) is 2.57. The van der Waals surface area contributed by atoms with Crippen LogP contribution in [0.5, 0.6) is 0 Å². The minimum absolute atomic E-state index is 0.0155. The summed E-state index contributed by atoms with van der Waals surface area (Å²) in [7, 11) is 0. The van der Waals surface area contributed by atoms with Gasteiger partial charge in [-0.25, -0.2) is 0 Å². The number of benzene rings is 2. The van der Waals surface area contributed by atoms with Crippen molar-refractivity contribution >= 4 is 21.7 Å². The molecule has 0 aliphatic rings. The molecule has 0 saturated heterocycles. The number of hydrogen-bond acceptors (Lipinski definition) is 1. The van der Waals surface area contributed by atoms with Crippen molar-refractivity contribution in [3.05, 3.63) is 69.7 Å². The van der Waals surface area contributed by atoms with Crippen molar-refractivity contribution in [2.45, 2.75) is 6.18 Å². The molecule has 0 amide bonds. The number of carbonyl (C=O) groups is 1. The van der Waals surface area contributed by atoms with E-state index in [2.05, 4.69) is 15.9 Å². The molecule has 98 valence electrons.